The smallest absolute Gasteiger partial charge is 0.412 e. The van der Waals surface area contributed by atoms with Crippen molar-refractivity contribution >= 4 is 22.0 Å². The summed E-state index contributed by atoms with van der Waals surface area (Å²) in [6.45, 7) is 5.52. The van der Waals surface area contributed by atoms with Gasteiger partial charge in [-0.2, -0.15) is 8.42 Å². The molecule has 0 aliphatic carbocycles. The normalized spacial score (nSPS) is 14.8. The molecule has 0 fully saturated rings. The molecule has 0 atom stereocenters. The van der Waals surface area contributed by atoms with Crippen molar-refractivity contribution in [2.24, 2.45) is 4.40 Å². The van der Waals surface area contributed by atoms with Crippen LogP contribution in [0.25, 0.3) is 0 Å². The number of ether oxygens (including phenoxy) is 2. The summed E-state index contributed by atoms with van der Waals surface area (Å²) in [6.07, 6.45) is 0.746. The Morgan fingerprint density at radius 2 is 2.24 bits per heavy atom. The van der Waals surface area contributed by atoms with E-state index in [-0.39, 0.29) is 29.5 Å². The molecule has 1 aromatic carbocycles. The first kappa shape index (κ1) is 15.0. The lowest BCUT2D eigenvalue weighted by Gasteiger charge is -2.10. The molecule has 0 spiro atoms. The predicted molar refractivity (Wildman–Crippen MR) is 76.0 cm³/mol. The van der Waals surface area contributed by atoms with Gasteiger partial charge in [0.2, 0.25) is 0 Å². The van der Waals surface area contributed by atoms with E-state index in [4.69, 9.17) is 9.47 Å². The molecular weight excluding hydrogens is 296 g/mol. The summed E-state index contributed by atoms with van der Waals surface area (Å²) in [5.74, 6) is 0.187. The Hall–Kier alpha value is -2.35. The van der Waals surface area contributed by atoms with Crippen LogP contribution in [0.3, 0.4) is 0 Å². The molecule has 1 aliphatic heterocycles. The van der Waals surface area contributed by atoms with Crippen molar-refractivity contribution in [1.82, 2.24) is 5.32 Å². The average molecular weight is 310 g/mol. The van der Waals surface area contributed by atoms with Crippen LogP contribution in [0.1, 0.15) is 12.5 Å². The number of hydrogen-bond acceptors (Lipinski definition) is 5. The van der Waals surface area contributed by atoms with Crippen molar-refractivity contribution in [3.63, 3.8) is 0 Å². The molecule has 0 bridgehead atoms. The van der Waals surface area contributed by atoms with Gasteiger partial charge in [0.15, 0.2) is 5.84 Å². The van der Waals surface area contributed by atoms with E-state index < -0.39 is 16.1 Å². The van der Waals surface area contributed by atoms with E-state index >= 15 is 0 Å². The fourth-order valence-electron chi connectivity index (χ4n) is 1.79. The maximum absolute atomic E-state index is 12.0. The van der Waals surface area contributed by atoms with Crippen LogP contribution in [0.5, 0.6) is 5.75 Å². The van der Waals surface area contributed by atoms with E-state index in [1.165, 1.54) is 18.2 Å². The molecule has 1 heterocycles. The Morgan fingerprint density at radius 3 is 2.90 bits per heavy atom. The number of carbonyl (C=O) groups excluding carboxylic acids is 1. The summed E-state index contributed by atoms with van der Waals surface area (Å²) in [6, 6.07) is 4.53. The fraction of sp³-hybridized carbons (Fsp3) is 0.231. The standard InChI is InChI=1S/C13H14N2O5S/c1-3-8-20-9-6-5-7-10-11(9)12(15-21(10,17)18)14-13(16)19-4-2/h3,5-7H,1,4,8H2,2H3,(H,14,15,16). The molecule has 0 radical (unpaired) electrons. The monoisotopic (exact) mass is 310 g/mol. The van der Waals surface area contributed by atoms with Crippen LogP contribution in [0.15, 0.2) is 40.1 Å². The van der Waals surface area contributed by atoms with Gasteiger partial charge in [0.25, 0.3) is 10.0 Å². The van der Waals surface area contributed by atoms with Gasteiger partial charge in [0.1, 0.15) is 17.3 Å². The minimum absolute atomic E-state index is 0.0177. The number of amidine groups is 1. The molecule has 1 amide bonds. The first-order valence-corrected chi connectivity index (χ1v) is 7.59. The van der Waals surface area contributed by atoms with Crippen molar-refractivity contribution in [1.29, 1.82) is 0 Å². The highest BCUT2D eigenvalue weighted by atomic mass is 32.2. The number of sulfonamides is 1. The lowest BCUT2D eigenvalue weighted by molar-refractivity contribution is 0.158. The number of alkyl carbamates (subject to hydrolysis) is 1. The Kier molecular flexibility index (Phi) is 4.27. The van der Waals surface area contributed by atoms with Gasteiger partial charge in [-0.1, -0.05) is 18.7 Å². The van der Waals surface area contributed by atoms with Gasteiger partial charge in [-0.3, -0.25) is 5.32 Å². The van der Waals surface area contributed by atoms with Crippen LogP contribution in [-0.2, 0) is 14.8 Å². The summed E-state index contributed by atoms with van der Waals surface area (Å²) in [7, 11) is -3.85. The van der Waals surface area contributed by atoms with Gasteiger partial charge >= 0.3 is 6.09 Å². The first-order chi connectivity index (χ1) is 9.99. The van der Waals surface area contributed by atoms with Crippen LogP contribution < -0.4 is 10.1 Å². The molecule has 112 valence electrons. The summed E-state index contributed by atoms with van der Waals surface area (Å²) >= 11 is 0. The van der Waals surface area contributed by atoms with Gasteiger partial charge in [0.05, 0.1) is 12.2 Å². The zero-order chi connectivity index (χ0) is 15.5. The Morgan fingerprint density at radius 1 is 1.48 bits per heavy atom. The number of carbonyl (C=O) groups is 1. The highest BCUT2D eigenvalue weighted by Crippen LogP contribution is 2.32. The number of benzene rings is 1. The molecule has 7 nitrogen and oxygen atoms in total. The van der Waals surface area contributed by atoms with E-state index in [1.807, 2.05) is 0 Å². The summed E-state index contributed by atoms with van der Waals surface area (Å²) in [5, 5.41) is 2.31. The molecule has 0 aromatic heterocycles. The molecule has 21 heavy (non-hydrogen) atoms. The Bertz CT molecular complexity index is 709. The Balaban J connectivity index is 2.43. The van der Waals surface area contributed by atoms with Gasteiger partial charge in [0, 0.05) is 0 Å². The van der Waals surface area contributed by atoms with E-state index in [1.54, 1.807) is 13.0 Å². The second-order valence-electron chi connectivity index (χ2n) is 3.99. The minimum atomic E-state index is -3.85. The maximum Gasteiger partial charge on any atom is 0.412 e. The van der Waals surface area contributed by atoms with Gasteiger partial charge in [-0.15, -0.1) is 4.40 Å². The number of nitrogens with one attached hydrogen (secondary N) is 1. The zero-order valence-electron chi connectivity index (χ0n) is 11.3. The summed E-state index contributed by atoms with van der Waals surface area (Å²) < 4.78 is 37.6. The fourth-order valence-corrected chi connectivity index (χ4v) is 2.97. The van der Waals surface area contributed by atoms with Crippen molar-refractivity contribution in [3.05, 3.63) is 36.4 Å². The maximum atomic E-state index is 12.0. The highest BCUT2D eigenvalue weighted by molar-refractivity contribution is 7.90. The van der Waals surface area contributed by atoms with E-state index in [9.17, 15) is 13.2 Å². The van der Waals surface area contributed by atoms with E-state index in [2.05, 4.69) is 16.3 Å². The Labute approximate surface area is 122 Å². The van der Waals surface area contributed by atoms with E-state index in [0.29, 0.717) is 5.75 Å². The van der Waals surface area contributed by atoms with Gasteiger partial charge in [-0.05, 0) is 19.1 Å². The number of nitrogens with zero attached hydrogens (tertiary/aromatic N) is 1. The second-order valence-corrected chi connectivity index (χ2v) is 5.56. The second kappa shape index (κ2) is 5.96. The van der Waals surface area contributed by atoms with Gasteiger partial charge < -0.3 is 9.47 Å². The predicted octanol–water partition coefficient (Wildman–Crippen LogP) is 1.45. The molecular formula is C13H14N2O5S. The number of amides is 1. The van der Waals surface area contributed by atoms with Gasteiger partial charge in [-0.25, -0.2) is 4.79 Å². The molecule has 0 saturated carbocycles. The van der Waals surface area contributed by atoms with Crippen molar-refractivity contribution in [2.75, 3.05) is 13.2 Å². The molecule has 1 N–H and O–H groups in total. The summed E-state index contributed by atoms with van der Waals surface area (Å²) in [5.41, 5.74) is 0.215. The van der Waals surface area contributed by atoms with Crippen molar-refractivity contribution in [2.45, 2.75) is 11.8 Å². The number of rotatable bonds is 4. The third-order valence-electron chi connectivity index (χ3n) is 2.57. The topological polar surface area (TPSA) is 94.1 Å². The molecule has 1 aromatic rings. The highest BCUT2D eigenvalue weighted by Gasteiger charge is 2.33. The molecule has 1 aliphatic rings. The van der Waals surface area contributed by atoms with Crippen molar-refractivity contribution < 1.29 is 22.7 Å². The van der Waals surface area contributed by atoms with E-state index in [0.717, 1.165) is 0 Å². The lowest BCUT2D eigenvalue weighted by atomic mass is 10.2. The molecule has 0 saturated heterocycles. The van der Waals surface area contributed by atoms with Crippen LogP contribution in [0.2, 0.25) is 0 Å². The molecule has 2 rings (SSSR count). The number of hydrogen-bond donors (Lipinski definition) is 1. The minimum Gasteiger partial charge on any atom is -0.489 e. The molecule has 8 heteroatoms. The number of fused-ring (bicyclic) bond motifs is 1. The van der Waals surface area contributed by atoms with Crippen LogP contribution in [0, 0.1) is 0 Å². The summed E-state index contributed by atoms with van der Waals surface area (Å²) in [4.78, 5) is 11.5. The average Bonchev–Trinajstić information content (AvgIpc) is 2.68. The third-order valence-corrected chi connectivity index (χ3v) is 3.89. The third kappa shape index (κ3) is 3.05. The lowest BCUT2D eigenvalue weighted by Crippen LogP contribution is -2.31. The SMILES string of the molecule is C=CCOc1cccc2c1C(NC(=O)OCC)=NS2(=O)=O. The zero-order valence-corrected chi connectivity index (χ0v) is 12.1. The quantitative estimate of drug-likeness (QED) is 0.849. The van der Waals surface area contributed by atoms with Crippen LogP contribution in [0.4, 0.5) is 4.79 Å². The largest absolute Gasteiger partial charge is 0.489 e. The van der Waals surface area contributed by atoms with Crippen LogP contribution >= 0.6 is 0 Å². The van der Waals surface area contributed by atoms with Crippen LogP contribution in [-0.4, -0.2) is 33.6 Å². The van der Waals surface area contributed by atoms with Crippen molar-refractivity contribution in [3.8, 4) is 5.75 Å². The first-order valence-electron chi connectivity index (χ1n) is 6.15. The molecule has 0 unspecified atom stereocenters.